The zero-order valence-corrected chi connectivity index (χ0v) is 18.2. The molecule has 1 amide bonds. The van der Waals surface area contributed by atoms with Gasteiger partial charge >= 0.3 is 13.2 Å². The van der Waals surface area contributed by atoms with Gasteiger partial charge in [-0.1, -0.05) is 12.1 Å². The molecule has 2 aliphatic heterocycles. The van der Waals surface area contributed by atoms with E-state index >= 15 is 0 Å². The van der Waals surface area contributed by atoms with Crippen molar-refractivity contribution in [2.24, 2.45) is 0 Å². The summed E-state index contributed by atoms with van der Waals surface area (Å²) in [5, 5.41) is 0.381. The van der Waals surface area contributed by atoms with Crippen LogP contribution in [0, 0.1) is 0 Å². The molecule has 0 bridgehead atoms. The summed E-state index contributed by atoms with van der Waals surface area (Å²) in [5.41, 5.74) is -0.111. The van der Waals surface area contributed by atoms with Gasteiger partial charge < -0.3 is 18.9 Å². The van der Waals surface area contributed by atoms with E-state index < -0.39 is 5.60 Å². The van der Waals surface area contributed by atoms with E-state index in [1.807, 2.05) is 32.9 Å². The standard InChI is InChI=1S/C20H30BNO4S/c1-18(2,3)24-17(23)22-12-16(13-22)27-15-10-8-9-14(11-15)21-25-19(4,5)20(6,7)26-21/h8-11,16H,12-13H2,1-7H3. The average Bonchev–Trinajstić information content (AvgIpc) is 2.69. The van der Waals surface area contributed by atoms with Gasteiger partial charge in [0.1, 0.15) is 5.60 Å². The largest absolute Gasteiger partial charge is 0.494 e. The van der Waals surface area contributed by atoms with E-state index in [9.17, 15) is 4.79 Å². The average molecular weight is 391 g/mol. The number of benzene rings is 1. The van der Waals surface area contributed by atoms with E-state index in [0.717, 1.165) is 10.4 Å². The van der Waals surface area contributed by atoms with Crippen LogP contribution >= 0.6 is 11.8 Å². The minimum atomic E-state index is -0.452. The van der Waals surface area contributed by atoms with Crippen LogP contribution in [0.2, 0.25) is 0 Å². The fourth-order valence-electron chi connectivity index (χ4n) is 2.89. The maximum absolute atomic E-state index is 12.1. The second-order valence-electron chi connectivity index (χ2n) is 9.29. The van der Waals surface area contributed by atoms with E-state index in [1.165, 1.54) is 0 Å². The Hall–Kier alpha value is -1.18. The SMILES string of the molecule is CC(C)(C)OC(=O)N1CC(Sc2cccc(B3OC(C)(C)C(C)(C)O3)c2)C1. The van der Waals surface area contributed by atoms with E-state index in [2.05, 4.69) is 39.8 Å². The molecule has 0 aliphatic carbocycles. The lowest BCUT2D eigenvalue weighted by molar-refractivity contribution is 0.00578. The lowest BCUT2D eigenvalue weighted by Crippen LogP contribution is -2.53. The van der Waals surface area contributed by atoms with Gasteiger partial charge in [-0.2, -0.15) is 0 Å². The molecule has 5 nitrogen and oxygen atoms in total. The summed E-state index contributed by atoms with van der Waals surface area (Å²) in [6.07, 6.45) is -0.231. The predicted octanol–water partition coefficient (Wildman–Crippen LogP) is 3.70. The van der Waals surface area contributed by atoms with Crippen molar-refractivity contribution in [2.45, 2.75) is 75.4 Å². The number of amides is 1. The summed E-state index contributed by atoms with van der Waals surface area (Å²) in [7, 11) is -0.352. The van der Waals surface area contributed by atoms with Crippen molar-refractivity contribution >= 4 is 30.4 Å². The molecule has 0 N–H and O–H groups in total. The molecule has 0 radical (unpaired) electrons. The van der Waals surface area contributed by atoms with Gasteiger partial charge in [0.25, 0.3) is 0 Å². The van der Waals surface area contributed by atoms with Crippen molar-refractivity contribution in [3.05, 3.63) is 24.3 Å². The fraction of sp³-hybridized carbons (Fsp3) is 0.650. The Morgan fingerprint density at radius 2 is 1.78 bits per heavy atom. The van der Waals surface area contributed by atoms with E-state index in [4.69, 9.17) is 14.0 Å². The summed E-state index contributed by atoms with van der Waals surface area (Å²) >= 11 is 1.78. The first kappa shape index (κ1) is 20.6. The minimum absolute atomic E-state index is 0.231. The molecule has 0 spiro atoms. The van der Waals surface area contributed by atoms with Gasteiger partial charge in [-0.25, -0.2) is 4.79 Å². The number of carbonyl (C=O) groups is 1. The summed E-state index contributed by atoms with van der Waals surface area (Å²) < 4.78 is 17.7. The van der Waals surface area contributed by atoms with Gasteiger partial charge in [0.15, 0.2) is 0 Å². The summed E-state index contributed by atoms with van der Waals surface area (Å²) in [6.45, 7) is 15.3. The molecule has 1 aromatic rings. The highest BCUT2D eigenvalue weighted by Gasteiger charge is 2.51. The maximum atomic E-state index is 12.1. The predicted molar refractivity (Wildman–Crippen MR) is 110 cm³/mol. The quantitative estimate of drug-likeness (QED) is 0.736. The Balaban J connectivity index is 1.57. The molecule has 2 fully saturated rings. The van der Waals surface area contributed by atoms with Crippen molar-refractivity contribution in [1.82, 2.24) is 4.90 Å². The molecule has 2 heterocycles. The highest BCUT2D eigenvalue weighted by atomic mass is 32.2. The van der Waals surface area contributed by atoms with Crippen molar-refractivity contribution in [3.63, 3.8) is 0 Å². The Kier molecular flexibility index (Phi) is 5.34. The first-order valence-electron chi connectivity index (χ1n) is 9.46. The smallest absolute Gasteiger partial charge is 0.444 e. The first-order valence-corrected chi connectivity index (χ1v) is 10.3. The van der Waals surface area contributed by atoms with Gasteiger partial charge in [-0.05, 0) is 66.1 Å². The molecule has 0 atom stereocenters. The van der Waals surface area contributed by atoms with Crippen molar-refractivity contribution < 1.29 is 18.8 Å². The lowest BCUT2D eigenvalue weighted by Gasteiger charge is -2.39. The number of thioether (sulfide) groups is 1. The van der Waals surface area contributed by atoms with Crippen LogP contribution in [0.25, 0.3) is 0 Å². The van der Waals surface area contributed by atoms with Crippen LogP contribution in [0.4, 0.5) is 4.79 Å². The van der Waals surface area contributed by atoms with Crippen LogP contribution in [0.5, 0.6) is 0 Å². The Morgan fingerprint density at radius 3 is 2.33 bits per heavy atom. The van der Waals surface area contributed by atoms with Gasteiger partial charge in [-0.3, -0.25) is 0 Å². The fourth-order valence-corrected chi connectivity index (χ4v) is 4.15. The second-order valence-corrected chi connectivity index (χ2v) is 10.7. The molecule has 7 heteroatoms. The number of rotatable bonds is 3. The molecular weight excluding hydrogens is 361 g/mol. The van der Waals surface area contributed by atoms with Crippen LogP contribution in [0.3, 0.4) is 0 Å². The highest BCUT2D eigenvalue weighted by molar-refractivity contribution is 8.00. The van der Waals surface area contributed by atoms with E-state index in [-0.39, 0.29) is 24.4 Å². The molecule has 2 aliphatic rings. The third-order valence-electron chi connectivity index (χ3n) is 5.19. The zero-order chi connectivity index (χ0) is 20.0. The topological polar surface area (TPSA) is 48.0 Å². The van der Waals surface area contributed by atoms with Crippen LogP contribution in [0.1, 0.15) is 48.5 Å². The number of likely N-dealkylation sites (tertiary alicyclic amines) is 1. The Bertz CT molecular complexity index is 694. The third kappa shape index (κ3) is 4.63. The van der Waals surface area contributed by atoms with E-state index in [1.54, 1.807) is 16.7 Å². The van der Waals surface area contributed by atoms with Crippen molar-refractivity contribution in [1.29, 1.82) is 0 Å². The number of hydrogen-bond donors (Lipinski definition) is 0. The van der Waals surface area contributed by atoms with Gasteiger partial charge in [0.2, 0.25) is 0 Å². The van der Waals surface area contributed by atoms with Crippen LogP contribution in [-0.4, -0.2) is 53.3 Å². The number of carbonyl (C=O) groups excluding carboxylic acids is 1. The van der Waals surface area contributed by atoms with Crippen molar-refractivity contribution in [3.8, 4) is 0 Å². The van der Waals surface area contributed by atoms with Crippen LogP contribution in [-0.2, 0) is 14.0 Å². The molecule has 148 valence electrons. The molecule has 2 saturated heterocycles. The van der Waals surface area contributed by atoms with Crippen LogP contribution in [0.15, 0.2) is 29.2 Å². The van der Waals surface area contributed by atoms with Gasteiger partial charge in [0.05, 0.1) is 11.2 Å². The number of hydrogen-bond acceptors (Lipinski definition) is 5. The summed E-state index contributed by atoms with van der Waals surface area (Å²) in [6, 6.07) is 8.30. The molecule has 27 heavy (non-hydrogen) atoms. The first-order chi connectivity index (χ1) is 12.4. The molecule has 1 aromatic carbocycles. The van der Waals surface area contributed by atoms with Gasteiger partial charge in [0, 0.05) is 23.2 Å². The maximum Gasteiger partial charge on any atom is 0.494 e. The van der Waals surface area contributed by atoms with Gasteiger partial charge in [-0.15, -0.1) is 11.8 Å². The number of nitrogens with zero attached hydrogens (tertiary/aromatic N) is 1. The lowest BCUT2D eigenvalue weighted by atomic mass is 9.79. The summed E-state index contributed by atoms with van der Waals surface area (Å²) in [5.74, 6) is 0. The molecule has 3 rings (SSSR count). The zero-order valence-electron chi connectivity index (χ0n) is 17.4. The second kappa shape index (κ2) is 7.01. The summed E-state index contributed by atoms with van der Waals surface area (Å²) in [4.78, 5) is 15.0. The van der Waals surface area contributed by atoms with E-state index in [0.29, 0.717) is 18.3 Å². The Labute approximate surface area is 167 Å². The Morgan fingerprint density at radius 1 is 1.19 bits per heavy atom. The highest BCUT2D eigenvalue weighted by Crippen LogP contribution is 2.37. The molecule has 0 saturated carbocycles. The van der Waals surface area contributed by atoms with Crippen molar-refractivity contribution in [2.75, 3.05) is 13.1 Å². The third-order valence-corrected chi connectivity index (χ3v) is 6.34. The normalized spacial score (nSPS) is 21.9. The number of ether oxygens (including phenoxy) is 1. The molecule has 0 unspecified atom stereocenters. The molecule has 0 aromatic heterocycles. The monoisotopic (exact) mass is 391 g/mol. The minimum Gasteiger partial charge on any atom is -0.444 e. The molecular formula is C20H30BNO4S. The van der Waals surface area contributed by atoms with Crippen LogP contribution < -0.4 is 5.46 Å².